The van der Waals surface area contributed by atoms with E-state index in [0.717, 1.165) is 17.0 Å². The largest absolute Gasteiger partial charge is 0.255 e. The number of hydrogen-bond acceptors (Lipinski definition) is 2. The lowest BCUT2D eigenvalue weighted by atomic mass is 9.91. The van der Waals surface area contributed by atoms with Crippen LogP contribution in [0.2, 0.25) is 0 Å². The number of aromatic nitrogens is 2. The van der Waals surface area contributed by atoms with Crippen molar-refractivity contribution in [3.63, 3.8) is 0 Å². The SMILES string of the molecule is C=C/C=C(\C)c1nnc(C(CCC)CCC)c2ccccc12.CC.CC.CCC.CF. The summed E-state index contributed by atoms with van der Waals surface area (Å²) in [7, 11) is 0.500. The number of benzene rings is 1. The van der Waals surface area contributed by atoms with E-state index in [-0.39, 0.29) is 0 Å². The van der Waals surface area contributed by atoms with Gasteiger partial charge < -0.3 is 0 Å². The van der Waals surface area contributed by atoms with E-state index in [1.54, 1.807) is 6.08 Å². The van der Waals surface area contributed by atoms with Gasteiger partial charge in [-0.1, -0.05) is 118 Å². The Balaban J connectivity index is -0.000000765. The fraction of sp³-hybridized carbons (Fsp3) is 0.571. The highest BCUT2D eigenvalue weighted by Crippen LogP contribution is 2.32. The molecular weight excluding hydrogens is 383 g/mol. The molecule has 0 bridgehead atoms. The first-order chi connectivity index (χ1) is 15.1. The zero-order valence-electron chi connectivity index (χ0n) is 22.1. The number of allylic oxidation sites excluding steroid dienone is 3. The van der Waals surface area contributed by atoms with Crippen molar-refractivity contribution >= 4 is 16.3 Å². The summed E-state index contributed by atoms with van der Waals surface area (Å²) in [6.45, 7) is 22.6. The average Bonchev–Trinajstić information content (AvgIpc) is 2.83. The molecule has 0 N–H and O–H groups in total. The fourth-order valence-electron chi connectivity index (χ4n) is 3.09. The smallest absolute Gasteiger partial charge is 0.0964 e. The van der Waals surface area contributed by atoms with Gasteiger partial charge in [0.2, 0.25) is 0 Å². The van der Waals surface area contributed by atoms with E-state index in [1.165, 1.54) is 42.9 Å². The van der Waals surface area contributed by atoms with Gasteiger partial charge in [0.05, 0.1) is 18.6 Å². The predicted molar refractivity (Wildman–Crippen MR) is 142 cm³/mol. The van der Waals surface area contributed by atoms with Gasteiger partial charge in [0.15, 0.2) is 0 Å². The monoisotopic (exact) mass is 432 g/mol. The Kier molecular flexibility index (Phi) is 26.3. The van der Waals surface area contributed by atoms with E-state index in [1.807, 2.05) is 33.8 Å². The van der Waals surface area contributed by atoms with Crippen molar-refractivity contribution in [2.45, 2.75) is 100 Å². The number of halogens is 1. The lowest BCUT2D eigenvalue weighted by Crippen LogP contribution is -2.06. The Hall–Kier alpha value is -2.03. The third-order valence-electron chi connectivity index (χ3n) is 4.12. The number of rotatable bonds is 7. The van der Waals surface area contributed by atoms with Crippen molar-refractivity contribution in [2.75, 3.05) is 7.18 Å². The van der Waals surface area contributed by atoms with E-state index >= 15 is 0 Å². The standard InChI is InChI=1S/C20H26N2.C3H8.2C2H6.CH3F/c1-5-10-15(4)19-17-13-8-9-14-18(17)20(22-21-19)16(11-6-2)12-7-3;1-3-2;3*1-2/h5,8-10,13-14,16H,1,6-7,11-12H2,2-4H3;3H2,1-2H3;2*1-2H3;1H3/b15-10+;;;;. The molecule has 0 aliphatic carbocycles. The van der Waals surface area contributed by atoms with Crippen LogP contribution in [0.5, 0.6) is 0 Å². The molecule has 1 heterocycles. The van der Waals surface area contributed by atoms with Gasteiger partial charge in [0.25, 0.3) is 0 Å². The molecule has 0 radical (unpaired) electrons. The van der Waals surface area contributed by atoms with Crippen LogP contribution in [0.4, 0.5) is 4.39 Å². The molecular formula is C28H49FN2. The molecule has 2 rings (SSSR count). The minimum atomic E-state index is 0.500. The summed E-state index contributed by atoms with van der Waals surface area (Å²) < 4.78 is 9.50. The van der Waals surface area contributed by atoms with Gasteiger partial charge >= 0.3 is 0 Å². The van der Waals surface area contributed by atoms with Gasteiger partial charge in [-0.2, -0.15) is 5.10 Å². The summed E-state index contributed by atoms with van der Waals surface area (Å²) >= 11 is 0. The lowest BCUT2D eigenvalue weighted by molar-refractivity contribution is 0.546. The quantitative estimate of drug-likeness (QED) is 0.407. The molecule has 0 saturated carbocycles. The fourth-order valence-corrected chi connectivity index (χ4v) is 3.09. The maximum absolute atomic E-state index is 9.50. The predicted octanol–water partition coefficient (Wildman–Crippen LogP) is 9.96. The van der Waals surface area contributed by atoms with Crippen LogP contribution < -0.4 is 0 Å². The summed E-state index contributed by atoms with van der Waals surface area (Å²) in [6, 6.07) is 8.51. The van der Waals surface area contributed by atoms with Crippen molar-refractivity contribution in [3.8, 4) is 0 Å². The molecule has 178 valence electrons. The molecule has 0 aliphatic heterocycles. The third kappa shape index (κ3) is 12.4. The zero-order chi connectivity index (χ0) is 24.7. The Morgan fingerprint density at radius 3 is 1.77 bits per heavy atom. The van der Waals surface area contributed by atoms with Crippen LogP contribution in [0, 0.1) is 0 Å². The summed E-state index contributed by atoms with van der Waals surface area (Å²) in [5.41, 5.74) is 3.23. The minimum Gasteiger partial charge on any atom is -0.255 e. The molecule has 0 amide bonds. The van der Waals surface area contributed by atoms with E-state index in [9.17, 15) is 4.39 Å². The molecule has 0 fully saturated rings. The highest BCUT2D eigenvalue weighted by atomic mass is 19.1. The van der Waals surface area contributed by atoms with E-state index in [2.05, 4.69) is 75.7 Å². The van der Waals surface area contributed by atoms with Crippen LogP contribution >= 0.6 is 0 Å². The molecule has 1 aromatic carbocycles. The molecule has 0 saturated heterocycles. The first-order valence-corrected chi connectivity index (χ1v) is 12.1. The summed E-state index contributed by atoms with van der Waals surface area (Å²) in [5.74, 6) is 0.505. The van der Waals surface area contributed by atoms with Crippen molar-refractivity contribution in [1.29, 1.82) is 0 Å². The van der Waals surface area contributed by atoms with Gasteiger partial charge in [0, 0.05) is 16.7 Å². The highest BCUT2D eigenvalue weighted by Gasteiger charge is 2.17. The first kappa shape index (κ1) is 33.6. The molecule has 0 atom stereocenters. The van der Waals surface area contributed by atoms with Gasteiger partial charge in [-0.25, -0.2) is 0 Å². The van der Waals surface area contributed by atoms with E-state index < -0.39 is 0 Å². The van der Waals surface area contributed by atoms with E-state index in [0.29, 0.717) is 13.1 Å². The minimum absolute atomic E-state index is 0.500. The van der Waals surface area contributed by atoms with Crippen LogP contribution in [-0.2, 0) is 0 Å². The van der Waals surface area contributed by atoms with Crippen LogP contribution in [-0.4, -0.2) is 17.4 Å². The van der Waals surface area contributed by atoms with Crippen LogP contribution in [0.15, 0.2) is 43.0 Å². The van der Waals surface area contributed by atoms with Gasteiger partial charge in [0.1, 0.15) is 0 Å². The molecule has 2 nitrogen and oxygen atoms in total. The first-order valence-electron chi connectivity index (χ1n) is 12.1. The maximum atomic E-state index is 9.50. The molecule has 3 heteroatoms. The molecule has 0 unspecified atom stereocenters. The Morgan fingerprint density at radius 2 is 1.35 bits per heavy atom. The van der Waals surface area contributed by atoms with Crippen LogP contribution in [0.3, 0.4) is 0 Å². The third-order valence-corrected chi connectivity index (χ3v) is 4.12. The van der Waals surface area contributed by atoms with Gasteiger partial charge in [-0.05, 0) is 25.3 Å². The highest BCUT2D eigenvalue weighted by molar-refractivity contribution is 5.93. The summed E-state index contributed by atoms with van der Waals surface area (Å²) in [4.78, 5) is 0. The lowest BCUT2D eigenvalue weighted by Gasteiger charge is -2.17. The van der Waals surface area contributed by atoms with Crippen LogP contribution in [0.1, 0.15) is 112 Å². The number of alkyl halides is 1. The van der Waals surface area contributed by atoms with Gasteiger partial charge in [-0.15, -0.1) is 5.10 Å². The zero-order valence-corrected chi connectivity index (χ0v) is 22.1. The molecule has 31 heavy (non-hydrogen) atoms. The second-order valence-electron chi connectivity index (χ2n) is 6.55. The number of nitrogens with zero attached hydrogens (tertiary/aromatic N) is 2. The molecule has 0 spiro atoms. The normalized spacial score (nSPS) is 9.74. The molecule has 1 aromatic heterocycles. The molecule has 2 aromatic rings. The average molecular weight is 433 g/mol. The second-order valence-corrected chi connectivity index (χ2v) is 6.55. The Labute approximate surface area is 193 Å². The second kappa shape index (κ2) is 24.2. The number of fused-ring (bicyclic) bond motifs is 1. The molecule has 0 aliphatic rings. The van der Waals surface area contributed by atoms with E-state index in [4.69, 9.17) is 0 Å². The Morgan fingerprint density at radius 1 is 0.903 bits per heavy atom. The summed E-state index contributed by atoms with van der Waals surface area (Å²) in [6.07, 6.45) is 9.75. The summed E-state index contributed by atoms with van der Waals surface area (Å²) in [5, 5.41) is 11.6. The topological polar surface area (TPSA) is 25.8 Å². The Bertz CT molecular complexity index is 686. The van der Waals surface area contributed by atoms with Crippen molar-refractivity contribution in [2.24, 2.45) is 0 Å². The van der Waals surface area contributed by atoms with Gasteiger partial charge in [-0.3, -0.25) is 4.39 Å². The van der Waals surface area contributed by atoms with Crippen molar-refractivity contribution < 1.29 is 4.39 Å². The van der Waals surface area contributed by atoms with Crippen molar-refractivity contribution in [1.82, 2.24) is 10.2 Å². The number of hydrogen-bond donors (Lipinski definition) is 0. The van der Waals surface area contributed by atoms with Crippen molar-refractivity contribution in [3.05, 3.63) is 54.4 Å². The van der Waals surface area contributed by atoms with Crippen LogP contribution in [0.25, 0.3) is 16.3 Å². The maximum Gasteiger partial charge on any atom is 0.0964 e.